The number of ketones is 2. The molecule has 3 aliphatic rings. The van der Waals surface area contributed by atoms with E-state index < -0.39 is 20.0 Å². The number of nitrogens with zero attached hydrogens (tertiary/aromatic N) is 2. The summed E-state index contributed by atoms with van der Waals surface area (Å²) in [4.78, 5) is 29.4. The quantitative estimate of drug-likeness (QED) is 0.0470. The number of hydrogen-bond donors (Lipinski definition) is 2. The molecule has 2 heterocycles. The van der Waals surface area contributed by atoms with Crippen molar-refractivity contribution in [3.8, 4) is 5.75 Å². The zero-order valence-corrected chi connectivity index (χ0v) is 45.3. The fourth-order valence-electron chi connectivity index (χ4n) is 9.60. The summed E-state index contributed by atoms with van der Waals surface area (Å²) in [6.07, 6.45) is 5.94. The van der Waals surface area contributed by atoms with E-state index in [-0.39, 0.29) is 112 Å². The topological polar surface area (TPSA) is 188 Å². The Hall–Kier alpha value is -3.86. The average molecular weight is 1100 g/mol. The molecule has 0 aromatic heterocycles. The number of nitrogens with one attached hydrogen (secondary N) is 2. The molecule has 2 aliphatic heterocycles. The number of rotatable bonds is 32. The first-order chi connectivity index (χ1) is 35.8. The summed E-state index contributed by atoms with van der Waals surface area (Å²) < 4.78 is 91.4. The lowest BCUT2D eigenvalue weighted by molar-refractivity contribution is -0.129. The van der Waals surface area contributed by atoms with Gasteiger partial charge >= 0.3 is 0 Å². The third-order valence-corrected chi connectivity index (χ3v) is 16.8. The first-order valence-electron chi connectivity index (χ1n) is 25.5. The molecule has 0 unspecified atom stereocenters. The number of hydrogen-bond acceptors (Lipinski definition) is 14. The first-order valence-corrected chi connectivity index (χ1v) is 29.3. The van der Waals surface area contributed by atoms with Gasteiger partial charge in [0.15, 0.2) is 11.6 Å². The molecule has 4 aromatic carbocycles. The van der Waals surface area contributed by atoms with Crippen molar-refractivity contribution < 1.29 is 54.8 Å². The van der Waals surface area contributed by atoms with Crippen LogP contribution in [-0.4, -0.2) is 150 Å². The third kappa shape index (κ3) is 17.3. The average Bonchev–Trinajstić information content (AvgIpc) is 3.75. The molecule has 1 saturated heterocycles. The number of fused-ring (bicyclic) bond motifs is 2. The molecule has 1 fully saturated rings. The van der Waals surface area contributed by atoms with Crippen LogP contribution in [-0.2, 0) is 66.3 Å². The van der Waals surface area contributed by atoms with Crippen molar-refractivity contribution in [2.45, 2.75) is 85.8 Å². The van der Waals surface area contributed by atoms with E-state index in [1.54, 1.807) is 48.5 Å². The Kier molecular flexibility index (Phi) is 22.7. The van der Waals surface area contributed by atoms with Gasteiger partial charge in [-0.05, 0) is 129 Å². The van der Waals surface area contributed by atoms with Crippen LogP contribution >= 0.6 is 23.2 Å². The fourth-order valence-corrected chi connectivity index (χ4v) is 12.2. The van der Waals surface area contributed by atoms with Crippen LogP contribution in [0.25, 0.3) is 0 Å². The third-order valence-electron chi connectivity index (χ3n) is 13.3. The smallest absolute Gasteiger partial charge is 0.240 e. The molecule has 4 aromatic rings. The van der Waals surface area contributed by atoms with Crippen molar-refractivity contribution >= 4 is 54.8 Å². The number of benzene rings is 4. The van der Waals surface area contributed by atoms with Crippen molar-refractivity contribution in [1.82, 2.24) is 19.2 Å². The Morgan fingerprint density at radius 3 is 1.91 bits per heavy atom. The van der Waals surface area contributed by atoms with Crippen LogP contribution in [0.1, 0.15) is 84.8 Å². The monoisotopic (exact) mass is 1100 g/mol. The van der Waals surface area contributed by atoms with E-state index in [2.05, 4.69) is 37.4 Å². The van der Waals surface area contributed by atoms with Crippen LogP contribution in [0.4, 0.5) is 0 Å². The Bertz CT molecular complexity index is 2680. The van der Waals surface area contributed by atoms with Gasteiger partial charge in [-0.15, -0.1) is 0 Å². The zero-order chi connectivity index (χ0) is 52.3. The highest BCUT2D eigenvalue weighted by Crippen LogP contribution is 2.40. The number of carbonyl (C=O) groups is 2. The van der Waals surface area contributed by atoms with Gasteiger partial charge in [-0.2, -0.15) is 0 Å². The Labute approximate surface area is 446 Å². The molecule has 7 rings (SSSR count). The largest absolute Gasteiger partial charge is 0.484 e. The van der Waals surface area contributed by atoms with Crippen LogP contribution in [0.5, 0.6) is 5.75 Å². The normalized spacial score (nSPS) is 18.3. The highest BCUT2D eigenvalue weighted by molar-refractivity contribution is 7.89. The van der Waals surface area contributed by atoms with Gasteiger partial charge < -0.3 is 33.3 Å². The number of sulfonamides is 2. The van der Waals surface area contributed by atoms with Crippen molar-refractivity contribution in [2.24, 2.45) is 0 Å². The number of likely N-dealkylation sites (N-methyl/N-ethyl adjacent to an activating group) is 1. The second-order valence-electron chi connectivity index (χ2n) is 18.9. The number of halogens is 2. The number of Topliss-reactive ketones (excluding diaryl/α,β-unsaturated/α-hetero) is 2. The lowest BCUT2D eigenvalue weighted by atomic mass is 9.85. The van der Waals surface area contributed by atoms with Crippen molar-refractivity contribution in [1.29, 1.82) is 0 Å². The van der Waals surface area contributed by atoms with Crippen LogP contribution in [0.15, 0.2) is 94.7 Å². The zero-order valence-electron chi connectivity index (χ0n) is 42.2. The molecule has 1 aliphatic carbocycles. The number of likely N-dealkylation sites (tertiary alicyclic amines) is 1. The van der Waals surface area contributed by atoms with Crippen LogP contribution in [0.3, 0.4) is 0 Å². The fraction of sp³-hybridized carbons (Fsp3) is 0.519. The van der Waals surface area contributed by atoms with Crippen LogP contribution < -0.4 is 14.2 Å². The van der Waals surface area contributed by atoms with E-state index in [1.165, 1.54) is 30.4 Å². The van der Waals surface area contributed by atoms with E-state index in [1.807, 2.05) is 25.2 Å². The number of piperidine rings is 1. The van der Waals surface area contributed by atoms with Crippen molar-refractivity contribution in [2.75, 3.05) is 106 Å². The highest BCUT2D eigenvalue weighted by Gasteiger charge is 2.38. The standard InChI is InChI=1S/C54H70Cl2N4O12S2/c1-59-36-50(49-34-42(55)35-52(56)51(49)37-59)40-11-7-14-47(32-40)74(65,66)58-21-27-70-31-29-68-25-9-13-44(62)39-71-38-43(61)12-8-24-67-28-30-69-26-20-57-73(63,64)46-18-16-45(17-19-46)72-54-48-15-4-3-10-41(48)33-53(54)60-22-5-2-6-23-60/h3-4,7,10-11,14-19,32,34-35,50,53-54,57-58H,2,5-6,8-9,12-13,20-31,33,36-39H2,1H3/t50-,53-,54-/m0/s1. The van der Waals surface area contributed by atoms with Gasteiger partial charge in [0, 0.05) is 68.2 Å². The maximum atomic E-state index is 13.1. The summed E-state index contributed by atoms with van der Waals surface area (Å²) in [5.74, 6) is 0.266. The van der Waals surface area contributed by atoms with Crippen LogP contribution in [0, 0.1) is 0 Å². The molecular formula is C54H70Cl2N4O12S2. The minimum atomic E-state index is -3.79. The van der Waals surface area contributed by atoms with E-state index in [4.69, 9.17) is 51.6 Å². The number of carbonyl (C=O) groups excluding carboxylic acids is 2. The van der Waals surface area contributed by atoms with Gasteiger partial charge in [0.25, 0.3) is 0 Å². The van der Waals surface area contributed by atoms with Gasteiger partial charge in [-0.3, -0.25) is 14.5 Å². The highest BCUT2D eigenvalue weighted by atomic mass is 35.5. The number of ether oxygens (including phenoxy) is 6. The molecule has 0 saturated carbocycles. The van der Waals surface area contributed by atoms with Gasteiger partial charge in [-0.1, -0.05) is 66.0 Å². The van der Waals surface area contributed by atoms with Gasteiger partial charge in [0.1, 0.15) is 25.1 Å². The van der Waals surface area contributed by atoms with Gasteiger partial charge in [-0.25, -0.2) is 26.3 Å². The first kappa shape index (κ1) is 57.8. The summed E-state index contributed by atoms with van der Waals surface area (Å²) in [5.41, 5.74) is 5.34. The lowest BCUT2D eigenvalue weighted by Crippen LogP contribution is -2.43. The minimum Gasteiger partial charge on any atom is -0.484 e. The summed E-state index contributed by atoms with van der Waals surface area (Å²) in [5, 5.41) is 1.13. The maximum absolute atomic E-state index is 13.1. The minimum absolute atomic E-state index is 0.0796. The summed E-state index contributed by atoms with van der Waals surface area (Å²) in [7, 11) is -5.54. The maximum Gasteiger partial charge on any atom is 0.240 e. The summed E-state index contributed by atoms with van der Waals surface area (Å²) >= 11 is 12.9. The lowest BCUT2D eigenvalue weighted by Gasteiger charge is -2.35. The molecule has 0 bridgehead atoms. The molecule has 0 spiro atoms. The van der Waals surface area contributed by atoms with E-state index in [0.29, 0.717) is 61.5 Å². The molecule has 404 valence electrons. The van der Waals surface area contributed by atoms with E-state index in [9.17, 15) is 26.4 Å². The van der Waals surface area contributed by atoms with E-state index >= 15 is 0 Å². The molecule has 16 nitrogen and oxygen atoms in total. The van der Waals surface area contributed by atoms with Crippen molar-refractivity contribution in [3.63, 3.8) is 0 Å². The van der Waals surface area contributed by atoms with E-state index in [0.717, 1.165) is 36.2 Å². The predicted molar refractivity (Wildman–Crippen MR) is 283 cm³/mol. The van der Waals surface area contributed by atoms with Gasteiger partial charge in [0.2, 0.25) is 20.0 Å². The second kappa shape index (κ2) is 29.0. The SMILES string of the molecule is CN1Cc2c(Cl)cc(Cl)cc2[C@H](c2cccc(S(=O)(=O)NCCOCCOCCCC(=O)COCC(=O)CCCOCCOCCNS(=O)(=O)c3ccc(O[C@H]4c5ccccc5C[C@@H]4N4CCCCC4)cc3)c2)C1. The summed E-state index contributed by atoms with van der Waals surface area (Å²) in [6, 6.07) is 25.8. The molecule has 74 heavy (non-hydrogen) atoms. The Morgan fingerprint density at radius 1 is 0.649 bits per heavy atom. The molecular weight excluding hydrogens is 1030 g/mol. The second-order valence-corrected chi connectivity index (χ2v) is 23.3. The predicted octanol–water partition coefficient (Wildman–Crippen LogP) is 7.14. The molecule has 2 N–H and O–H groups in total. The van der Waals surface area contributed by atoms with Gasteiger partial charge in [0.05, 0.1) is 55.5 Å². The molecule has 20 heteroatoms. The molecule has 0 amide bonds. The Balaban J connectivity index is 0.650. The van der Waals surface area contributed by atoms with Crippen LogP contribution in [0.2, 0.25) is 10.0 Å². The van der Waals surface area contributed by atoms with Crippen molar-refractivity contribution in [3.05, 3.63) is 123 Å². The molecule has 3 atom stereocenters. The molecule has 0 radical (unpaired) electrons. The summed E-state index contributed by atoms with van der Waals surface area (Å²) in [6.45, 7) is 5.44. The Morgan fingerprint density at radius 2 is 1.26 bits per heavy atom.